The average Bonchev–Trinajstić information content (AvgIpc) is 3.07. The molecule has 0 N–H and O–H groups in total. The number of ether oxygens (including phenoxy) is 4. The second-order valence-corrected chi connectivity index (χ2v) is 5.68. The molecule has 0 atom stereocenters. The maximum absolute atomic E-state index is 12.0. The van der Waals surface area contributed by atoms with E-state index in [1.807, 2.05) is 6.92 Å². The van der Waals surface area contributed by atoms with Gasteiger partial charge in [0.1, 0.15) is 17.1 Å². The third-order valence-corrected chi connectivity index (χ3v) is 3.86. The summed E-state index contributed by atoms with van der Waals surface area (Å²) in [5.74, 6) is 1.29. The van der Waals surface area contributed by atoms with Gasteiger partial charge in [0, 0.05) is 23.6 Å². The van der Waals surface area contributed by atoms with Gasteiger partial charge in [0.15, 0.2) is 18.1 Å². The number of benzene rings is 2. The van der Waals surface area contributed by atoms with Crippen molar-refractivity contribution in [3.05, 3.63) is 58.4 Å². The molecule has 0 saturated carbocycles. The normalized spacial score (nSPS) is 12.2. The number of hydrogen-bond acceptors (Lipinski definition) is 7. The SMILES string of the molecule is Cc1cc(=O)oc2cc(OCC(=O)Oc3ccc4c(c3)OCO4)ccc12. The van der Waals surface area contributed by atoms with E-state index in [9.17, 15) is 9.59 Å². The molecule has 0 saturated heterocycles. The van der Waals surface area contributed by atoms with Crippen LogP contribution in [0.3, 0.4) is 0 Å². The van der Waals surface area contributed by atoms with Crippen LogP contribution in [0.5, 0.6) is 23.0 Å². The fraction of sp³-hybridized carbons (Fsp3) is 0.158. The third kappa shape index (κ3) is 3.19. The van der Waals surface area contributed by atoms with Crippen molar-refractivity contribution in [1.82, 2.24) is 0 Å². The predicted molar refractivity (Wildman–Crippen MR) is 90.9 cm³/mol. The van der Waals surface area contributed by atoms with E-state index in [4.69, 9.17) is 23.4 Å². The number of carbonyl (C=O) groups is 1. The second kappa shape index (κ2) is 6.44. The van der Waals surface area contributed by atoms with Gasteiger partial charge < -0.3 is 23.4 Å². The van der Waals surface area contributed by atoms with E-state index in [1.54, 1.807) is 36.4 Å². The Morgan fingerprint density at radius 1 is 1.04 bits per heavy atom. The standard InChI is InChI=1S/C19H14O7/c1-11-6-18(20)26-16-7-12(2-4-14(11)16)22-9-19(21)25-13-3-5-15-17(8-13)24-10-23-15/h2-8H,9-10H2,1H3. The minimum atomic E-state index is -0.574. The van der Waals surface area contributed by atoms with E-state index in [-0.39, 0.29) is 13.4 Å². The molecule has 1 aromatic heterocycles. The van der Waals surface area contributed by atoms with Gasteiger partial charge >= 0.3 is 11.6 Å². The molecule has 1 aliphatic rings. The molecule has 0 bridgehead atoms. The molecule has 1 aliphatic heterocycles. The van der Waals surface area contributed by atoms with E-state index in [0.717, 1.165) is 10.9 Å². The number of rotatable bonds is 4. The molecule has 0 amide bonds. The summed E-state index contributed by atoms with van der Waals surface area (Å²) in [5, 5.41) is 0.805. The number of aryl methyl sites for hydroxylation is 1. The molecular formula is C19H14O7. The summed E-state index contributed by atoms with van der Waals surface area (Å²) in [6.07, 6.45) is 0. The highest BCUT2D eigenvalue weighted by Gasteiger charge is 2.15. The molecule has 2 heterocycles. The summed E-state index contributed by atoms with van der Waals surface area (Å²) in [7, 11) is 0. The number of fused-ring (bicyclic) bond motifs is 2. The first-order chi connectivity index (χ1) is 12.6. The molecule has 26 heavy (non-hydrogen) atoms. The van der Waals surface area contributed by atoms with Gasteiger partial charge in [-0.25, -0.2) is 9.59 Å². The highest BCUT2D eigenvalue weighted by molar-refractivity contribution is 5.81. The molecule has 0 spiro atoms. The molecule has 7 nitrogen and oxygen atoms in total. The Bertz CT molecular complexity index is 1050. The first-order valence-corrected chi connectivity index (χ1v) is 7.86. The van der Waals surface area contributed by atoms with Gasteiger partial charge in [-0.3, -0.25) is 0 Å². The summed E-state index contributed by atoms with van der Waals surface area (Å²) in [5.41, 5.74) is 0.774. The zero-order chi connectivity index (χ0) is 18.1. The van der Waals surface area contributed by atoms with Gasteiger partial charge in [-0.15, -0.1) is 0 Å². The molecule has 132 valence electrons. The zero-order valence-electron chi connectivity index (χ0n) is 13.8. The number of carbonyl (C=O) groups excluding carboxylic acids is 1. The van der Waals surface area contributed by atoms with Gasteiger partial charge in [-0.2, -0.15) is 0 Å². The van der Waals surface area contributed by atoms with Crippen LogP contribution in [0.15, 0.2) is 51.7 Å². The fourth-order valence-electron chi connectivity index (χ4n) is 2.64. The summed E-state index contributed by atoms with van der Waals surface area (Å²) in [6.45, 7) is 1.67. The van der Waals surface area contributed by atoms with Crippen molar-refractivity contribution in [2.45, 2.75) is 6.92 Å². The lowest BCUT2D eigenvalue weighted by Gasteiger charge is -2.08. The molecule has 0 unspecified atom stereocenters. The van der Waals surface area contributed by atoms with Crippen molar-refractivity contribution in [1.29, 1.82) is 0 Å². The lowest BCUT2D eigenvalue weighted by molar-refractivity contribution is -0.136. The Kier molecular flexibility index (Phi) is 3.96. The van der Waals surface area contributed by atoms with Crippen LogP contribution in [-0.2, 0) is 4.79 Å². The van der Waals surface area contributed by atoms with Crippen LogP contribution < -0.4 is 24.6 Å². The molecule has 7 heteroatoms. The van der Waals surface area contributed by atoms with E-state index >= 15 is 0 Å². The summed E-state index contributed by atoms with van der Waals surface area (Å²) >= 11 is 0. The van der Waals surface area contributed by atoms with Crippen LogP contribution in [0.4, 0.5) is 0 Å². The highest BCUT2D eigenvalue weighted by atomic mass is 16.7. The predicted octanol–water partition coefficient (Wildman–Crippen LogP) is 2.81. The van der Waals surface area contributed by atoms with Gasteiger partial charge in [-0.05, 0) is 36.8 Å². The van der Waals surface area contributed by atoms with Gasteiger partial charge in [-0.1, -0.05) is 0 Å². The Hall–Kier alpha value is -3.48. The van der Waals surface area contributed by atoms with Crippen LogP contribution >= 0.6 is 0 Å². The first-order valence-electron chi connectivity index (χ1n) is 7.86. The maximum atomic E-state index is 12.0. The van der Waals surface area contributed by atoms with Crippen LogP contribution in [-0.4, -0.2) is 19.4 Å². The van der Waals surface area contributed by atoms with Crippen LogP contribution in [0, 0.1) is 6.92 Å². The van der Waals surface area contributed by atoms with Gasteiger partial charge in [0.2, 0.25) is 6.79 Å². The molecular weight excluding hydrogens is 340 g/mol. The van der Waals surface area contributed by atoms with Crippen molar-refractivity contribution in [3.63, 3.8) is 0 Å². The van der Waals surface area contributed by atoms with E-state index in [1.165, 1.54) is 6.07 Å². The van der Waals surface area contributed by atoms with Crippen LogP contribution in [0.2, 0.25) is 0 Å². The minimum absolute atomic E-state index is 0.146. The Morgan fingerprint density at radius 3 is 2.73 bits per heavy atom. The quantitative estimate of drug-likeness (QED) is 0.405. The third-order valence-electron chi connectivity index (χ3n) is 3.86. The van der Waals surface area contributed by atoms with Crippen molar-refractivity contribution in [3.8, 4) is 23.0 Å². The largest absolute Gasteiger partial charge is 0.482 e. The van der Waals surface area contributed by atoms with Gasteiger partial charge in [0.25, 0.3) is 0 Å². The summed E-state index contributed by atoms with van der Waals surface area (Å²) in [6, 6.07) is 11.3. The van der Waals surface area contributed by atoms with E-state index < -0.39 is 11.6 Å². The van der Waals surface area contributed by atoms with E-state index in [0.29, 0.717) is 28.6 Å². The lowest BCUT2D eigenvalue weighted by atomic mass is 10.1. The zero-order valence-corrected chi connectivity index (χ0v) is 13.8. The molecule has 4 rings (SSSR count). The average molecular weight is 354 g/mol. The maximum Gasteiger partial charge on any atom is 0.349 e. The van der Waals surface area contributed by atoms with Crippen molar-refractivity contribution in [2.24, 2.45) is 0 Å². The fourth-order valence-corrected chi connectivity index (χ4v) is 2.64. The summed E-state index contributed by atoms with van der Waals surface area (Å²) < 4.78 is 26.2. The molecule has 0 aliphatic carbocycles. The Labute approximate surface area is 147 Å². The lowest BCUT2D eigenvalue weighted by Crippen LogP contribution is -2.17. The number of hydrogen-bond donors (Lipinski definition) is 0. The molecule has 3 aromatic rings. The van der Waals surface area contributed by atoms with Crippen molar-refractivity contribution < 1.29 is 28.2 Å². The molecule has 2 aromatic carbocycles. The van der Waals surface area contributed by atoms with Gasteiger partial charge in [0.05, 0.1) is 0 Å². The molecule has 0 fully saturated rings. The minimum Gasteiger partial charge on any atom is -0.482 e. The molecule has 0 radical (unpaired) electrons. The van der Waals surface area contributed by atoms with Crippen LogP contribution in [0.25, 0.3) is 11.0 Å². The van der Waals surface area contributed by atoms with Crippen LogP contribution in [0.1, 0.15) is 5.56 Å². The van der Waals surface area contributed by atoms with E-state index in [2.05, 4.69) is 0 Å². The van der Waals surface area contributed by atoms with Crippen molar-refractivity contribution >= 4 is 16.9 Å². The highest BCUT2D eigenvalue weighted by Crippen LogP contribution is 2.35. The first kappa shape index (κ1) is 16.0. The topological polar surface area (TPSA) is 84.2 Å². The monoisotopic (exact) mass is 354 g/mol. The summed E-state index contributed by atoms with van der Waals surface area (Å²) in [4.78, 5) is 23.4. The van der Waals surface area contributed by atoms with Crippen molar-refractivity contribution in [2.75, 3.05) is 13.4 Å². The smallest absolute Gasteiger partial charge is 0.349 e. The Morgan fingerprint density at radius 2 is 1.85 bits per heavy atom. The Balaban J connectivity index is 1.42. The number of esters is 1. The second-order valence-electron chi connectivity index (χ2n) is 5.68.